The van der Waals surface area contributed by atoms with E-state index in [1.807, 2.05) is 30.3 Å². The van der Waals surface area contributed by atoms with Gasteiger partial charge in [-0.1, -0.05) is 61.0 Å². The second kappa shape index (κ2) is 8.27. The number of carbonyl (C=O) groups excluding carboxylic acids is 1. The number of benzene rings is 2. The molecule has 2 aromatic heterocycles. The maximum Gasteiger partial charge on any atom is 0.268 e. The van der Waals surface area contributed by atoms with Gasteiger partial charge >= 0.3 is 0 Å². The number of hydrogen-bond acceptors (Lipinski definition) is 1. The highest BCUT2D eigenvalue weighted by Crippen LogP contribution is 2.39. The van der Waals surface area contributed by atoms with Crippen molar-refractivity contribution >= 4 is 23.2 Å². The smallest absolute Gasteiger partial charge is 0.268 e. The number of aromatic nitrogens is 2. The number of carbonyl (C=O) groups is 1. The van der Waals surface area contributed by atoms with Crippen molar-refractivity contribution in [2.45, 2.75) is 39.2 Å². The summed E-state index contributed by atoms with van der Waals surface area (Å²) in [6.45, 7) is 3.68. The highest BCUT2D eigenvalue weighted by atomic mass is 35.5. The fraction of sp³-hybridized carbons (Fsp3) is 0.269. The van der Waals surface area contributed by atoms with Gasteiger partial charge in [0.25, 0.3) is 5.91 Å². The Morgan fingerprint density at radius 3 is 2.55 bits per heavy atom. The number of aryl methyl sites for hydroxylation is 2. The number of halogens is 1. The zero-order valence-electron chi connectivity index (χ0n) is 17.7. The first-order chi connectivity index (χ1) is 15.2. The van der Waals surface area contributed by atoms with Gasteiger partial charge < -0.3 is 9.88 Å². The SMILES string of the molecule is CCCNC(=O)c1c(-c2ccc(Cl)cc2)c2c3n(c(-c4ccccc4)cn13)CCCC2. The van der Waals surface area contributed by atoms with Gasteiger partial charge in [-0.25, -0.2) is 0 Å². The molecule has 5 rings (SSSR count). The van der Waals surface area contributed by atoms with Gasteiger partial charge in [0.15, 0.2) is 0 Å². The highest BCUT2D eigenvalue weighted by Gasteiger charge is 2.29. The van der Waals surface area contributed by atoms with Gasteiger partial charge in [-0.2, -0.15) is 0 Å². The first-order valence-corrected chi connectivity index (χ1v) is 11.4. The summed E-state index contributed by atoms with van der Waals surface area (Å²) in [6, 6.07) is 18.3. The van der Waals surface area contributed by atoms with Crippen LogP contribution in [0.15, 0.2) is 60.8 Å². The first kappa shape index (κ1) is 20.0. The van der Waals surface area contributed by atoms with Crippen LogP contribution in [0.1, 0.15) is 42.2 Å². The molecule has 3 heterocycles. The van der Waals surface area contributed by atoms with E-state index in [0.717, 1.165) is 60.4 Å². The van der Waals surface area contributed by atoms with E-state index in [9.17, 15) is 4.79 Å². The summed E-state index contributed by atoms with van der Waals surface area (Å²) in [5.41, 5.74) is 7.53. The Kier molecular flexibility index (Phi) is 5.33. The van der Waals surface area contributed by atoms with Crippen molar-refractivity contribution in [3.63, 3.8) is 0 Å². The molecule has 0 saturated heterocycles. The number of nitrogens with one attached hydrogen (secondary N) is 1. The molecule has 0 unspecified atom stereocenters. The Morgan fingerprint density at radius 1 is 1.03 bits per heavy atom. The largest absolute Gasteiger partial charge is 0.351 e. The monoisotopic (exact) mass is 431 g/mol. The molecular weight excluding hydrogens is 406 g/mol. The summed E-state index contributed by atoms with van der Waals surface area (Å²) in [5, 5.41) is 3.81. The molecule has 0 fully saturated rings. The van der Waals surface area contributed by atoms with Crippen molar-refractivity contribution in [1.82, 2.24) is 14.3 Å². The molecule has 1 aliphatic rings. The van der Waals surface area contributed by atoms with Crippen LogP contribution in [0.5, 0.6) is 0 Å². The van der Waals surface area contributed by atoms with Gasteiger partial charge in [0, 0.05) is 35.4 Å². The number of nitrogens with zero attached hydrogens (tertiary/aromatic N) is 2. The highest BCUT2D eigenvalue weighted by molar-refractivity contribution is 6.30. The molecule has 1 amide bonds. The van der Waals surface area contributed by atoms with E-state index < -0.39 is 0 Å². The summed E-state index contributed by atoms with van der Waals surface area (Å²) >= 11 is 6.16. The van der Waals surface area contributed by atoms with Gasteiger partial charge in [0.1, 0.15) is 11.3 Å². The molecular formula is C26H26ClN3O. The van der Waals surface area contributed by atoms with Crippen LogP contribution in [0, 0.1) is 0 Å². The summed E-state index contributed by atoms with van der Waals surface area (Å²) < 4.78 is 4.52. The molecule has 4 aromatic rings. The average molecular weight is 432 g/mol. The molecule has 4 nitrogen and oxygen atoms in total. The molecule has 5 heteroatoms. The lowest BCUT2D eigenvalue weighted by molar-refractivity contribution is 0.0948. The Bertz CT molecular complexity index is 1240. The minimum absolute atomic E-state index is 0.0228. The van der Waals surface area contributed by atoms with E-state index in [-0.39, 0.29) is 5.91 Å². The fourth-order valence-electron chi connectivity index (χ4n) is 4.70. The topological polar surface area (TPSA) is 38.4 Å². The number of amides is 1. The molecule has 0 aliphatic carbocycles. The normalized spacial score (nSPS) is 13.4. The van der Waals surface area contributed by atoms with Gasteiger partial charge in [-0.3, -0.25) is 9.20 Å². The van der Waals surface area contributed by atoms with E-state index >= 15 is 0 Å². The minimum Gasteiger partial charge on any atom is -0.351 e. The summed E-state index contributed by atoms with van der Waals surface area (Å²) in [6.07, 6.45) is 6.22. The van der Waals surface area contributed by atoms with Crippen LogP contribution in [0.3, 0.4) is 0 Å². The molecule has 0 saturated carbocycles. The van der Waals surface area contributed by atoms with Crippen LogP contribution in [-0.2, 0) is 13.0 Å². The van der Waals surface area contributed by atoms with Gasteiger partial charge in [0.05, 0.1) is 5.69 Å². The fourth-order valence-corrected chi connectivity index (χ4v) is 4.82. The lowest BCUT2D eigenvalue weighted by Crippen LogP contribution is -2.25. The maximum absolute atomic E-state index is 13.4. The van der Waals surface area contributed by atoms with Crippen molar-refractivity contribution < 1.29 is 4.79 Å². The molecule has 2 aromatic carbocycles. The van der Waals surface area contributed by atoms with Crippen molar-refractivity contribution in [3.8, 4) is 22.4 Å². The third-order valence-corrected chi connectivity index (χ3v) is 6.34. The summed E-state index contributed by atoms with van der Waals surface area (Å²) in [7, 11) is 0. The predicted molar refractivity (Wildman–Crippen MR) is 127 cm³/mol. The third kappa shape index (κ3) is 3.45. The number of imidazole rings is 1. The lowest BCUT2D eigenvalue weighted by atomic mass is 9.98. The van der Waals surface area contributed by atoms with Crippen LogP contribution < -0.4 is 5.32 Å². The standard InChI is InChI=1S/C26H26ClN3O/c1-2-15-28-25(31)24-23(19-11-13-20(27)14-12-19)21-10-6-7-16-29-22(17-30(24)26(21)29)18-8-4-3-5-9-18/h3-5,8-9,11-14,17H,2,6-7,10,15-16H2,1H3,(H,28,31). The van der Waals surface area contributed by atoms with Crippen LogP contribution in [0.4, 0.5) is 0 Å². The van der Waals surface area contributed by atoms with Crippen LogP contribution in [0.25, 0.3) is 28.0 Å². The zero-order valence-corrected chi connectivity index (χ0v) is 18.5. The molecule has 0 spiro atoms. The second-order valence-electron chi connectivity index (χ2n) is 8.15. The molecule has 158 valence electrons. The molecule has 1 N–H and O–H groups in total. The predicted octanol–water partition coefficient (Wildman–Crippen LogP) is 6.20. The van der Waals surface area contributed by atoms with E-state index in [1.54, 1.807) is 0 Å². The summed E-state index contributed by atoms with van der Waals surface area (Å²) in [4.78, 5) is 13.4. The Balaban J connectivity index is 1.81. The Morgan fingerprint density at radius 2 is 1.81 bits per heavy atom. The zero-order chi connectivity index (χ0) is 21.4. The molecule has 31 heavy (non-hydrogen) atoms. The maximum atomic E-state index is 13.4. The van der Waals surface area contributed by atoms with E-state index in [4.69, 9.17) is 11.6 Å². The Hall–Kier alpha value is -2.98. The van der Waals surface area contributed by atoms with Gasteiger partial charge in [0.2, 0.25) is 0 Å². The van der Waals surface area contributed by atoms with Crippen LogP contribution in [0.2, 0.25) is 5.02 Å². The molecule has 1 aliphatic heterocycles. The van der Waals surface area contributed by atoms with Crippen molar-refractivity contribution in [2.75, 3.05) is 6.54 Å². The van der Waals surface area contributed by atoms with Crippen LogP contribution in [-0.4, -0.2) is 21.4 Å². The van der Waals surface area contributed by atoms with Crippen molar-refractivity contribution in [1.29, 1.82) is 0 Å². The van der Waals surface area contributed by atoms with Crippen molar-refractivity contribution in [2.24, 2.45) is 0 Å². The van der Waals surface area contributed by atoms with Gasteiger partial charge in [-0.15, -0.1) is 0 Å². The quantitative estimate of drug-likeness (QED) is 0.401. The Labute approximate surface area is 187 Å². The first-order valence-electron chi connectivity index (χ1n) is 11.0. The van der Waals surface area contributed by atoms with E-state index in [0.29, 0.717) is 11.6 Å². The van der Waals surface area contributed by atoms with E-state index in [1.165, 1.54) is 11.1 Å². The number of rotatable bonds is 5. The third-order valence-electron chi connectivity index (χ3n) is 6.09. The second-order valence-corrected chi connectivity index (χ2v) is 8.58. The van der Waals surface area contributed by atoms with Crippen LogP contribution >= 0.6 is 11.6 Å². The molecule has 0 bridgehead atoms. The summed E-state index contributed by atoms with van der Waals surface area (Å²) in [5.74, 6) is -0.0228. The minimum atomic E-state index is -0.0228. The molecule has 0 radical (unpaired) electrons. The molecule has 0 atom stereocenters. The number of hydrogen-bond donors (Lipinski definition) is 1. The van der Waals surface area contributed by atoms with E-state index in [2.05, 4.69) is 51.7 Å². The van der Waals surface area contributed by atoms with Crippen molar-refractivity contribution in [3.05, 3.63) is 77.1 Å². The van der Waals surface area contributed by atoms with Gasteiger partial charge in [-0.05, 0) is 48.9 Å². The lowest BCUT2D eigenvalue weighted by Gasteiger charge is -2.10. The average Bonchev–Trinajstić information content (AvgIpc) is 3.21.